The highest BCUT2D eigenvalue weighted by atomic mass is 16.2. The SMILES string of the molecule is C=CCCCC(=O)N1CCCCC1CNC(=O)CCN. The monoisotopic (exact) mass is 281 g/mol. The number of nitrogens with zero attached hydrogens (tertiary/aromatic N) is 1. The molecule has 0 aliphatic carbocycles. The zero-order valence-electron chi connectivity index (χ0n) is 12.3. The van der Waals surface area contributed by atoms with E-state index in [1.165, 1.54) is 0 Å². The topological polar surface area (TPSA) is 75.4 Å². The van der Waals surface area contributed by atoms with Gasteiger partial charge in [0.15, 0.2) is 0 Å². The highest BCUT2D eigenvalue weighted by Gasteiger charge is 2.26. The number of rotatable bonds is 8. The smallest absolute Gasteiger partial charge is 0.222 e. The molecule has 114 valence electrons. The second kappa shape index (κ2) is 9.53. The van der Waals surface area contributed by atoms with Gasteiger partial charge in [-0.1, -0.05) is 6.08 Å². The summed E-state index contributed by atoms with van der Waals surface area (Å²) >= 11 is 0. The minimum Gasteiger partial charge on any atom is -0.354 e. The lowest BCUT2D eigenvalue weighted by Gasteiger charge is -2.36. The van der Waals surface area contributed by atoms with Gasteiger partial charge in [0.25, 0.3) is 0 Å². The van der Waals surface area contributed by atoms with E-state index in [2.05, 4.69) is 11.9 Å². The Kier molecular flexibility index (Phi) is 7.95. The molecular weight excluding hydrogens is 254 g/mol. The number of piperidine rings is 1. The van der Waals surface area contributed by atoms with Crippen LogP contribution in [0.2, 0.25) is 0 Å². The van der Waals surface area contributed by atoms with Gasteiger partial charge in [-0.25, -0.2) is 0 Å². The fraction of sp³-hybridized carbons (Fsp3) is 0.733. The molecule has 3 N–H and O–H groups in total. The first-order chi connectivity index (χ1) is 9.69. The third-order valence-corrected chi connectivity index (χ3v) is 3.65. The van der Waals surface area contributed by atoms with E-state index in [9.17, 15) is 9.59 Å². The minimum absolute atomic E-state index is 0.0304. The van der Waals surface area contributed by atoms with Crippen molar-refractivity contribution >= 4 is 11.8 Å². The number of carbonyl (C=O) groups excluding carboxylic acids is 2. The molecule has 20 heavy (non-hydrogen) atoms. The van der Waals surface area contributed by atoms with Crippen LogP contribution >= 0.6 is 0 Å². The van der Waals surface area contributed by atoms with Crippen LogP contribution in [0.5, 0.6) is 0 Å². The molecule has 1 aliphatic heterocycles. The van der Waals surface area contributed by atoms with Crippen molar-refractivity contribution in [2.24, 2.45) is 5.73 Å². The maximum absolute atomic E-state index is 12.2. The Morgan fingerprint density at radius 3 is 2.85 bits per heavy atom. The van der Waals surface area contributed by atoms with Crippen molar-refractivity contribution in [1.29, 1.82) is 0 Å². The number of hydrogen-bond acceptors (Lipinski definition) is 3. The molecule has 5 nitrogen and oxygen atoms in total. The quantitative estimate of drug-likeness (QED) is 0.518. The molecule has 0 aromatic carbocycles. The van der Waals surface area contributed by atoms with E-state index in [1.807, 2.05) is 11.0 Å². The van der Waals surface area contributed by atoms with Gasteiger partial charge in [0.2, 0.25) is 11.8 Å². The third kappa shape index (κ3) is 5.74. The van der Waals surface area contributed by atoms with E-state index in [0.717, 1.165) is 38.6 Å². The molecular formula is C15H27N3O2. The van der Waals surface area contributed by atoms with Crippen molar-refractivity contribution in [2.45, 2.75) is 51.0 Å². The number of unbranched alkanes of at least 4 members (excludes halogenated alkanes) is 1. The lowest BCUT2D eigenvalue weighted by molar-refractivity contribution is -0.135. The molecule has 2 amide bonds. The number of likely N-dealkylation sites (tertiary alicyclic amines) is 1. The van der Waals surface area contributed by atoms with Gasteiger partial charge in [0, 0.05) is 38.5 Å². The summed E-state index contributed by atoms with van der Waals surface area (Å²) in [5.41, 5.74) is 5.35. The Balaban J connectivity index is 2.42. The molecule has 0 aromatic rings. The number of allylic oxidation sites excluding steroid dienone is 1. The summed E-state index contributed by atoms with van der Waals surface area (Å²) in [5.74, 6) is 0.168. The van der Waals surface area contributed by atoms with E-state index in [4.69, 9.17) is 5.73 Å². The summed E-state index contributed by atoms with van der Waals surface area (Å²) < 4.78 is 0. The van der Waals surface area contributed by atoms with Crippen molar-refractivity contribution in [3.8, 4) is 0 Å². The van der Waals surface area contributed by atoms with E-state index in [-0.39, 0.29) is 17.9 Å². The van der Waals surface area contributed by atoms with Gasteiger partial charge in [0.05, 0.1) is 0 Å². The van der Waals surface area contributed by atoms with Crippen LogP contribution in [0, 0.1) is 0 Å². The van der Waals surface area contributed by atoms with E-state index in [0.29, 0.717) is 25.9 Å². The lowest BCUT2D eigenvalue weighted by Crippen LogP contribution is -2.49. The van der Waals surface area contributed by atoms with Crippen molar-refractivity contribution in [3.63, 3.8) is 0 Å². The van der Waals surface area contributed by atoms with Crippen LogP contribution in [-0.4, -0.2) is 42.4 Å². The molecule has 5 heteroatoms. The molecule has 0 spiro atoms. The zero-order valence-corrected chi connectivity index (χ0v) is 12.3. The maximum atomic E-state index is 12.2. The number of carbonyl (C=O) groups is 2. The molecule has 1 unspecified atom stereocenters. The Hall–Kier alpha value is -1.36. The Labute approximate surface area is 121 Å². The summed E-state index contributed by atoms with van der Waals surface area (Å²) in [6.45, 7) is 5.39. The summed E-state index contributed by atoms with van der Waals surface area (Å²) in [4.78, 5) is 25.6. The molecule has 0 bridgehead atoms. The average Bonchev–Trinajstić information content (AvgIpc) is 2.46. The Morgan fingerprint density at radius 1 is 1.35 bits per heavy atom. The van der Waals surface area contributed by atoms with Gasteiger partial charge in [-0.05, 0) is 32.1 Å². The molecule has 1 rings (SSSR count). The van der Waals surface area contributed by atoms with Crippen molar-refractivity contribution in [3.05, 3.63) is 12.7 Å². The van der Waals surface area contributed by atoms with Crippen molar-refractivity contribution in [1.82, 2.24) is 10.2 Å². The molecule has 1 aliphatic rings. The summed E-state index contributed by atoms with van der Waals surface area (Å²) in [6, 6.07) is 0.140. The predicted octanol–water partition coefficient (Wildman–Crippen LogP) is 1.19. The predicted molar refractivity (Wildman–Crippen MR) is 80.1 cm³/mol. The molecule has 0 radical (unpaired) electrons. The minimum atomic E-state index is -0.0304. The van der Waals surface area contributed by atoms with Crippen LogP contribution in [0.4, 0.5) is 0 Å². The van der Waals surface area contributed by atoms with E-state index < -0.39 is 0 Å². The Morgan fingerprint density at radius 2 is 2.15 bits per heavy atom. The van der Waals surface area contributed by atoms with Crippen LogP contribution in [0.3, 0.4) is 0 Å². The third-order valence-electron chi connectivity index (χ3n) is 3.65. The highest BCUT2D eigenvalue weighted by molar-refractivity contribution is 5.77. The van der Waals surface area contributed by atoms with Crippen LogP contribution in [0.1, 0.15) is 44.9 Å². The first-order valence-electron chi connectivity index (χ1n) is 7.56. The molecule has 0 saturated carbocycles. The van der Waals surface area contributed by atoms with E-state index >= 15 is 0 Å². The summed E-state index contributed by atoms with van der Waals surface area (Å²) in [7, 11) is 0. The largest absolute Gasteiger partial charge is 0.354 e. The number of nitrogens with one attached hydrogen (secondary N) is 1. The second-order valence-corrected chi connectivity index (χ2v) is 5.26. The molecule has 0 aromatic heterocycles. The molecule has 1 saturated heterocycles. The van der Waals surface area contributed by atoms with Crippen molar-refractivity contribution < 1.29 is 9.59 Å². The second-order valence-electron chi connectivity index (χ2n) is 5.26. The van der Waals surface area contributed by atoms with Gasteiger partial charge in [-0.15, -0.1) is 6.58 Å². The van der Waals surface area contributed by atoms with Gasteiger partial charge < -0.3 is 16.0 Å². The zero-order chi connectivity index (χ0) is 14.8. The molecule has 1 fully saturated rings. The van der Waals surface area contributed by atoms with Crippen LogP contribution in [0.25, 0.3) is 0 Å². The standard InChI is InChI=1S/C15H27N3O2/c1-2-3-4-8-15(20)18-11-6-5-7-13(18)12-17-14(19)9-10-16/h2,13H,1,3-12,16H2,(H,17,19). The average molecular weight is 281 g/mol. The maximum Gasteiger partial charge on any atom is 0.222 e. The highest BCUT2D eigenvalue weighted by Crippen LogP contribution is 2.18. The van der Waals surface area contributed by atoms with Gasteiger partial charge in [-0.3, -0.25) is 9.59 Å². The van der Waals surface area contributed by atoms with Gasteiger partial charge >= 0.3 is 0 Å². The normalized spacial score (nSPS) is 18.6. The van der Waals surface area contributed by atoms with Gasteiger partial charge in [-0.2, -0.15) is 0 Å². The Bertz CT molecular complexity index is 331. The van der Waals surface area contributed by atoms with Crippen LogP contribution in [0.15, 0.2) is 12.7 Å². The fourth-order valence-corrected chi connectivity index (χ4v) is 2.53. The molecule has 1 atom stereocenters. The van der Waals surface area contributed by atoms with Crippen molar-refractivity contribution in [2.75, 3.05) is 19.6 Å². The summed E-state index contributed by atoms with van der Waals surface area (Å²) in [5, 5.41) is 2.88. The fourth-order valence-electron chi connectivity index (χ4n) is 2.53. The van der Waals surface area contributed by atoms with Gasteiger partial charge in [0.1, 0.15) is 0 Å². The molecule has 1 heterocycles. The first-order valence-corrected chi connectivity index (χ1v) is 7.56. The first kappa shape index (κ1) is 16.7. The van der Waals surface area contributed by atoms with Crippen LogP contribution in [-0.2, 0) is 9.59 Å². The number of nitrogens with two attached hydrogens (primary N) is 1. The number of hydrogen-bond donors (Lipinski definition) is 2. The van der Waals surface area contributed by atoms with E-state index in [1.54, 1.807) is 0 Å². The summed E-state index contributed by atoms with van der Waals surface area (Å²) in [6.07, 6.45) is 7.63. The lowest BCUT2D eigenvalue weighted by atomic mass is 10.0. The number of amides is 2. The van der Waals surface area contributed by atoms with Crippen LogP contribution < -0.4 is 11.1 Å².